The molecule has 0 fully saturated rings. The molecule has 1 amide bonds. The van der Waals surface area contributed by atoms with Crippen LogP contribution in [-0.2, 0) is 31.9 Å². The second-order valence-corrected chi connectivity index (χ2v) is 6.37. The van der Waals surface area contributed by atoms with E-state index in [-0.39, 0.29) is 18.3 Å². The zero-order chi connectivity index (χ0) is 21.2. The molecule has 0 heterocycles. The van der Waals surface area contributed by atoms with Crippen molar-refractivity contribution in [2.45, 2.75) is 25.3 Å². The SMILES string of the molecule is COC(=O)CCc1ccc(CC(NC(=O)c2ccc(OC)cc2)C(=O)OC)cc1. The molecule has 2 aromatic rings. The Morgan fingerprint density at radius 2 is 1.48 bits per heavy atom. The molecule has 0 spiro atoms. The molecule has 2 aromatic carbocycles. The van der Waals surface area contributed by atoms with Gasteiger partial charge in [-0.2, -0.15) is 0 Å². The van der Waals surface area contributed by atoms with E-state index >= 15 is 0 Å². The number of hydrogen-bond donors (Lipinski definition) is 1. The van der Waals surface area contributed by atoms with E-state index in [1.807, 2.05) is 24.3 Å². The Morgan fingerprint density at radius 3 is 2.03 bits per heavy atom. The minimum absolute atomic E-state index is 0.263. The normalized spacial score (nSPS) is 11.3. The molecule has 0 aliphatic rings. The summed E-state index contributed by atoms with van der Waals surface area (Å²) in [6.45, 7) is 0. The zero-order valence-electron chi connectivity index (χ0n) is 16.8. The third-order valence-corrected chi connectivity index (χ3v) is 4.45. The van der Waals surface area contributed by atoms with Crippen LogP contribution in [0.4, 0.5) is 0 Å². The second kappa shape index (κ2) is 10.8. The van der Waals surface area contributed by atoms with E-state index in [0.717, 1.165) is 11.1 Å². The summed E-state index contributed by atoms with van der Waals surface area (Å²) >= 11 is 0. The first-order chi connectivity index (χ1) is 14.0. The maximum Gasteiger partial charge on any atom is 0.328 e. The van der Waals surface area contributed by atoms with Gasteiger partial charge in [-0.1, -0.05) is 24.3 Å². The number of amides is 1. The van der Waals surface area contributed by atoms with E-state index in [2.05, 4.69) is 10.1 Å². The van der Waals surface area contributed by atoms with Crippen LogP contribution < -0.4 is 10.1 Å². The molecule has 1 atom stereocenters. The van der Waals surface area contributed by atoms with Crippen LogP contribution in [0, 0.1) is 0 Å². The number of methoxy groups -OCH3 is 3. The van der Waals surface area contributed by atoms with E-state index in [9.17, 15) is 14.4 Å². The second-order valence-electron chi connectivity index (χ2n) is 6.37. The van der Waals surface area contributed by atoms with Crippen molar-refractivity contribution < 1.29 is 28.6 Å². The van der Waals surface area contributed by atoms with Crippen LogP contribution in [-0.4, -0.2) is 45.2 Å². The highest BCUT2D eigenvalue weighted by atomic mass is 16.5. The highest BCUT2D eigenvalue weighted by molar-refractivity contribution is 5.96. The number of rotatable bonds is 9. The molecule has 0 radical (unpaired) electrons. The molecule has 0 aromatic heterocycles. The fourth-order valence-corrected chi connectivity index (χ4v) is 2.75. The molecule has 0 aliphatic carbocycles. The van der Waals surface area contributed by atoms with Gasteiger partial charge in [0.15, 0.2) is 0 Å². The first-order valence-electron chi connectivity index (χ1n) is 9.14. The lowest BCUT2D eigenvalue weighted by Crippen LogP contribution is -2.43. The summed E-state index contributed by atoms with van der Waals surface area (Å²) in [6.07, 6.45) is 1.16. The fraction of sp³-hybridized carbons (Fsp3) is 0.318. The number of aryl methyl sites for hydroxylation is 1. The van der Waals surface area contributed by atoms with Crippen LogP contribution in [0.25, 0.3) is 0 Å². The third-order valence-electron chi connectivity index (χ3n) is 4.45. The minimum Gasteiger partial charge on any atom is -0.497 e. The molecule has 0 bridgehead atoms. The van der Waals surface area contributed by atoms with E-state index in [1.165, 1.54) is 14.2 Å². The van der Waals surface area contributed by atoms with Crippen molar-refractivity contribution in [2.24, 2.45) is 0 Å². The van der Waals surface area contributed by atoms with Crippen LogP contribution in [0.15, 0.2) is 48.5 Å². The zero-order valence-corrected chi connectivity index (χ0v) is 16.8. The van der Waals surface area contributed by atoms with Crippen LogP contribution in [0.2, 0.25) is 0 Å². The number of carbonyl (C=O) groups excluding carboxylic acids is 3. The molecule has 2 rings (SSSR count). The number of nitrogens with one attached hydrogen (secondary N) is 1. The van der Waals surface area contributed by atoms with Crippen molar-refractivity contribution in [3.05, 3.63) is 65.2 Å². The van der Waals surface area contributed by atoms with Crippen LogP contribution in [0.1, 0.15) is 27.9 Å². The number of carbonyl (C=O) groups is 3. The summed E-state index contributed by atoms with van der Waals surface area (Å²) in [5.41, 5.74) is 2.26. The smallest absolute Gasteiger partial charge is 0.328 e. The molecule has 1 unspecified atom stereocenters. The molecular formula is C22H25NO6. The summed E-state index contributed by atoms with van der Waals surface area (Å²) in [5.74, 6) is -0.529. The molecule has 154 valence electrons. The maximum atomic E-state index is 12.5. The van der Waals surface area contributed by atoms with Gasteiger partial charge in [0.1, 0.15) is 11.8 Å². The Bertz CT molecular complexity index is 829. The molecule has 7 nitrogen and oxygen atoms in total. The van der Waals surface area contributed by atoms with Crippen LogP contribution in [0.3, 0.4) is 0 Å². The summed E-state index contributed by atoms with van der Waals surface area (Å²) in [5, 5.41) is 2.72. The highest BCUT2D eigenvalue weighted by Crippen LogP contribution is 2.13. The van der Waals surface area contributed by atoms with E-state index in [0.29, 0.717) is 24.2 Å². The van der Waals surface area contributed by atoms with Crippen molar-refractivity contribution in [1.82, 2.24) is 5.32 Å². The monoisotopic (exact) mass is 399 g/mol. The maximum absolute atomic E-state index is 12.5. The van der Waals surface area contributed by atoms with E-state index < -0.39 is 12.0 Å². The van der Waals surface area contributed by atoms with Gasteiger partial charge in [0.2, 0.25) is 0 Å². The Labute approximate surface area is 170 Å². The van der Waals surface area contributed by atoms with Crippen molar-refractivity contribution in [2.75, 3.05) is 21.3 Å². The number of hydrogen-bond acceptors (Lipinski definition) is 6. The predicted molar refractivity (Wildman–Crippen MR) is 107 cm³/mol. The lowest BCUT2D eigenvalue weighted by atomic mass is 10.0. The highest BCUT2D eigenvalue weighted by Gasteiger charge is 2.22. The Balaban J connectivity index is 2.03. The van der Waals surface area contributed by atoms with Gasteiger partial charge in [0, 0.05) is 18.4 Å². The first kappa shape index (κ1) is 21.9. The minimum atomic E-state index is -0.824. The Morgan fingerprint density at radius 1 is 0.862 bits per heavy atom. The van der Waals surface area contributed by atoms with Gasteiger partial charge in [-0.15, -0.1) is 0 Å². The van der Waals surface area contributed by atoms with Gasteiger partial charge in [-0.3, -0.25) is 9.59 Å². The van der Waals surface area contributed by atoms with Gasteiger partial charge < -0.3 is 19.5 Å². The van der Waals surface area contributed by atoms with Crippen molar-refractivity contribution >= 4 is 17.8 Å². The first-order valence-corrected chi connectivity index (χ1v) is 9.14. The van der Waals surface area contributed by atoms with Crippen molar-refractivity contribution in [3.8, 4) is 5.75 Å². The largest absolute Gasteiger partial charge is 0.497 e. The topological polar surface area (TPSA) is 90.9 Å². The quantitative estimate of drug-likeness (QED) is 0.651. The molecule has 1 N–H and O–H groups in total. The number of esters is 2. The molecular weight excluding hydrogens is 374 g/mol. The molecule has 7 heteroatoms. The predicted octanol–water partition coefficient (Wildman–Crippen LogP) is 2.31. The lowest BCUT2D eigenvalue weighted by molar-refractivity contribution is -0.143. The van der Waals surface area contributed by atoms with Crippen molar-refractivity contribution in [3.63, 3.8) is 0 Å². The summed E-state index contributed by atoms with van der Waals surface area (Å²) in [4.78, 5) is 35.9. The molecule has 29 heavy (non-hydrogen) atoms. The van der Waals surface area contributed by atoms with Crippen LogP contribution in [0.5, 0.6) is 5.75 Å². The van der Waals surface area contributed by atoms with Crippen molar-refractivity contribution in [1.29, 1.82) is 0 Å². The molecule has 0 saturated carbocycles. The van der Waals surface area contributed by atoms with Gasteiger partial charge in [-0.25, -0.2) is 4.79 Å². The lowest BCUT2D eigenvalue weighted by Gasteiger charge is -2.17. The van der Waals surface area contributed by atoms with Gasteiger partial charge in [0.05, 0.1) is 21.3 Å². The fourth-order valence-electron chi connectivity index (χ4n) is 2.75. The number of benzene rings is 2. The molecule has 0 saturated heterocycles. The van der Waals surface area contributed by atoms with Gasteiger partial charge >= 0.3 is 11.9 Å². The average Bonchev–Trinajstić information content (AvgIpc) is 2.77. The summed E-state index contributed by atoms with van der Waals surface area (Å²) in [7, 11) is 4.19. The Hall–Kier alpha value is -3.35. The third kappa shape index (κ3) is 6.64. The van der Waals surface area contributed by atoms with Gasteiger partial charge in [0.25, 0.3) is 5.91 Å². The van der Waals surface area contributed by atoms with E-state index in [1.54, 1.807) is 31.4 Å². The molecule has 0 aliphatic heterocycles. The van der Waals surface area contributed by atoms with Crippen LogP contribution >= 0.6 is 0 Å². The summed E-state index contributed by atoms with van der Waals surface area (Å²) in [6, 6.07) is 13.3. The standard InChI is InChI=1S/C22H25NO6/c1-27-18-11-9-17(10-12-18)21(25)23-19(22(26)29-3)14-16-6-4-15(5-7-16)8-13-20(24)28-2/h4-7,9-12,19H,8,13-14H2,1-3H3,(H,23,25). The van der Waals surface area contributed by atoms with Gasteiger partial charge in [-0.05, 0) is 41.8 Å². The summed E-state index contributed by atoms with van der Waals surface area (Å²) < 4.78 is 14.5. The average molecular weight is 399 g/mol. The Kier molecular flexibility index (Phi) is 8.21. The van der Waals surface area contributed by atoms with E-state index in [4.69, 9.17) is 9.47 Å². The number of ether oxygens (including phenoxy) is 3.